The highest BCUT2D eigenvalue weighted by atomic mass is 16.5. The first-order valence-electron chi connectivity index (χ1n) is 8.55. The van der Waals surface area contributed by atoms with Crippen molar-refractivity contribution in [3.63, 3.8) is 0 Å². The minimum absolute atomic E-state index is 0.0483. The van der Waals surface area contributed by atoms with Gasteiger partial charge in [-0.3, -0.25) is 0 Å². The van der Waals surface area contributed by atoms with Gasteiger partial charge in [0.05, 0.1) is 0 Å². The predicted molar refractivity (Wildman–Crippen MR) is 91.4 cm³/mol. The molecule has 2 heteroatoms. The molecule has 0 aromatic rings. The van der Waals surface area contributed by atoms with E-state index in [0.29, 0.717) is 23.3 Å². The minimum Gasteiger partial charge on any atom is -0.454 e. The molecule has 0 aliphatic heterocycles. The molecule has 2 rings (SSSR count). The van der Waals surface area contributed by atoms with Crippen molar-refractivity contribution >= 4 is 5.97 Å². The molecular formula is C20H30O2. The van der Waals surface area contributed by atoms with Gasteiger partial charge in [0, 0.05) is 11.5 Å². The fraction of sp³-hybridized carbons (Fsp3) is 0.650. The standard InChI is InChI=1S/C20H30O2/c1-7-14(5)20(21)22-19-11-17(12(2)3)18-10-13(4)8-9-16(18)15(19)6/h7,10,12,17-19H,8-9,11H2,1-6H3/b14-7-/t17-,18+,19+/m0/s1. The van der Waals surface area contributed by atoms with Crippen molar-refractivity contribution in [1.29, 1.82) is 0 Å². The Bertz CT molecular complexity index is 534. The molecule has 0 saturated carbocycles. The molecule has 0 N–H and O–H groups in total. The number of hydrogen-bond donors (Lipinski definition) is 0. The Morgan fingerprint density at radius 2 is 2.00 bits per heavy atom. The van der Waals surface area contributed by atoms with E-state index in [1.807, 2.05) is 19.9 Å². The Morgan fingerprint density at radius 1 is 1.32 bits per heavy atom. The Kier molecular flexibility index (Phi) is 5.31. The highest BCUT2D eigenvalue weighted by molar-refractivity contribution is 5.87. The molecule has 2 aliphatic carbocycles. The lowest BCUT2D eigenvalue weighted by molar-refractivity contribution is -0.144. The van der Waals surface area contributed by atoms with Crippen molar-refractivity contribution in [2.24, 2.45) is 17.8 Å². The van der Waals surface area contributed by atoms with Crippen molar-refractivity contribution in [3.8, 4) is 0 Å². The lowest BCUT2D eigenvalue weighted by Crippen LogP contribution is -2.36. The van der Waals surface area contributed by atoms with Crippen LogP contribution in [0, 0.1) is 17.8 Å². The second-order valence-electron chi connectivity index (χ2n) is 7.26. The summed E-state index contributed by atoms with van der Waals surface area (Å²) >= 11 is 0. The third kappa shape index (κ3) is 3.37. The topological polar surface area (TPSA) is 26.3 Å². The number of hydrogen-bond acceptors (Lipinski definition) is 2. The van der Waals surface area contributed by atoms with Crippen LogP contribution < -0.4 is 0 Å². The normalized spacial score (nSPS) is 29.3. The van der Waals surface area contributed by atoms with Crippen molar-refractivity contribution in [2.45, 2.75) is 66.9 Å². The Morgan fingerprint density at radius 3 is 2.59 bits per heavy atom. The van der Waals surface area contributed by atoms with Gasteiger partial charge >= 0.3 is 5.97 Å². The number of esters is 1. The van der Waals surface area contributed by atoms with Gasteiger partial charge in [0.25, 0.3) is 0 Å². The number of rotatable bonds is 3. The van der Waals surface area contributed by atoms with Gasteiger partial charge in [0.15, 0.2) is 0 Å². The third-order valence-electron chi connectivity index (χ3n) is 5.45. The van der Waals surface area contributed by atoms with Crippen molar-refractivity contribution in [3.05, 3.63) is 34.4 Å². The van der Waals surface area contributed by atoms with Gasteiger partial charge in [-0.05, 0) is 64.4 Å². The second kappa shape index (κ2) is 6.85. The minimum atomic E-state index is -0.170. The van der Waals surface area contributed by atoms with E-state index in [2.05, 4.69) is 33.8 Å². The molecular weight excluding hydrogens is 272 g/mol. The molecule has 0 aromatic carbocycles. The van der Waals surface area contributed by atoms with Crippen LogP contribution in [0.1, 0.15) is 60.8 Å². The molecule has 3 atom stereocenters. The molecule has 0 bridgehead atoms. The zero-order valence-electron chi connectivity index (χ0n) is 14.9. The fourth-order valence-electron chi connectivity index (χ4n) is 3.77. The first-order valence-corrected chi connectivity index (χ1v) is 8.55. The SMILES string of the molecule is C/C=C(/C)C(=O)O[C@@H]1C[C@@H](C(C)C)[C@@H]2C=C(C)CCC2=C1C. The van der Waals surface area contributed by atoms with E-state index in [0.717, 1.165) is 19.3 Å². The quantitative estimate of drug-likeness (QED) is 0.406. The predicted octanol–water partition coefficient (Wildman–Crippen LogP) is 5.21. The molecule has 0 radical (unpaired) electrons. The van der Waals surface area contributed by atoms with Crippen LogP contribution in [0.15, 0.2) is 34.4 Å². The molecule has 0 saturated heterocycles. The van der Waals surface area contributed by atoms with Crippen LogP contribution in [0.25, 0.3) is 0 Å². The van der Waals surface area contributed by atoms with Crippen LogP contribution in [0.2, 0.25) is 0 Å². The summed E-state index contributed by atoms with van der Waals surface area (Å²) < 4.78 is 5.83. The van der Waals surface area contributed by atoms with Crippen molar-refractivity contribution < 1.29 is 9.53 Å². The van der Waals surface area contributed by atoms with E-state index in [4.69, 9.17) is 4.74 Å². The van der Waals surface area contributed by atoms with Crippen LogP contribution >= 0.6 is 0 Å². The van der Waals surface area contributed by atoms with Gasteiger partial charge in [-0.15, -0.1) is 0 Å². The summed E-state index contributed by atoms with van der Waals surface area (Å²) in [6.45, 7) is 12.7. The van der Waals surface area contributed by atoms with Crippen LogP contribution in [0.4, 0.5) is 0 Å². The monoisotopic (exact) mass is 302 g/mol. The van der Waals surface area contributed by atoms with Crippen LogP contribution in [-0.2, 0) is 9.53 Å². The van der Waals surface area contributed by atoms with E-state index < -0.39 is 0 Å². The molecule has 0 unspecified atom stereocenters. The molecule has 0 fully saturated rings. The number of ether oxygens (including phenoxy) is 1. The summed E-state index contributed by atoms with van der Waals surface area (Å²) in [4.78, 5) is 12.2. The summed E-state index contributed by atoms with van der Waals surface area (Å²) in [5.74, 6) is 1.54. The van der Waals surface area contributed by atoms with E-state index in [9.17, 15) is 4.79 Å². The molecule has 0 spiro atoms. The number of carbonyl (C=O) groups excluding carboxylic acids is 1. The summed E-state index contributed by atoms with van der Waals surface area (Å²) in [6.07, 6.45) is 7.45. The second-order valence-corrected chi connectivity index (χ2v) is 7.26. The van der Waals surface area contributed by atoms with Gasteiger partial charge < -0.3 is 4.74 Å². The molecule has 2 nitrogen and oxygen atoms in total. The number of allylic oxidation sites excluding steroid dienone is 4. The maximum Gasteiger partial charge on any atom is 0.333 e. The van der Waals surface area contributed by atoms with E-state index in [1.54, 1.807) is 0 Å². The smallest absolute Gasteiger partial charge is 0.333 e. The Hall–Kier alpha value is -1.31. The van der Waals surface area contributed by atoms with Gasteiger partial charge in [-0.25, -0.2) is 4.79 Å². The van der Waals surface area contributed by atoms with Crippen LogP contribution in [0.5, 0.6) is 0 Å². The number of fused-ring (bicyclic) bond motifs is 1. The maximum atomic E-state index is 12.2. The van der Waals surface area contributed by atoms with Gasteiger partial charge in [-0.1, -0.05) is 37.1 Å². The molecule has 122 valence electrons. The average Bonchev–Trinajstić information content (AvgIpc) is 2.48. The van der Waals surface area contributed by atoms with E-state index >= 15 is 0 Å². The molecule has 2 aliphatic rings. The van der Waals surface area contributed by atoms with Crippen molar-refractivity contribution in [1.82, 2.24) is 0 Å². The van der Waals surface area contributed by atoms with E-state index in [-0.39, 0.29) is 12.1 Å². The summed E-state index contributed by atoms with van der Waals surface area (Å²) in [7, 11) is 0. The maximum absolute atomic E-state index is 12.2. The lowest BCUT2D eigenvalue weighted by Gasteiger charge is -2.41. The zero-order chi connectivity index (χ0) is 16.4. The summed E-state index contributed by atoms with van der Waals surface area (Å²) in [6, 6.07) is 0. The van der Waals surface area contributed by atoms with E-state index in [1.165, 1.54) is 16.7 Å². The fourth-order valence-corrected chi connectivity index (χ4v) is 3.77. The zero-order valence-corrected chi connectivity index (χ0v) is 14.9. The third-order valence-corrected chi connectivity index (χ3v) is 5.45. The first-order chi connectivity index (χ1) is 10.3. The highest BCUT2D eigenvalue weighted by Gasteiger charge is 2.38. The van der Waals surface area contributed by atoms with Gasteiger partial charge in [-0.2, -0.15) is 0 Å². The van der Waals surface area contributed by atoms with Gasteiger partial charge in [0.2, 0.25) is 0 Å². The summed E-state index contributed by atoms with van der Waals surface area (Å²) in [5.41, 5.74) is 5.02. The highest BCUT2D eigenvalue weighted by Crippen LogP contribution is 2.45. The lowest BCUT2D eigenvalue weighted by atomic mass is 9.66. The van der Waals surface area contributed by atoms with Crippen molar-refractivity contribution in [2.75, 3.05) is 0 Å². The molecule has 0 heterocycles. The largest absolute Gasteiger partial charge is 0.454 e. The number of carbonyl (C=O) groups is 1. The molecule has 22 heavy (non-hydrogen) atoms. The molecule has 0 aromatic heterocycles. The Labute approximate surface area is 135 Å². The molecule has 0 amide bonds. The average molecular weight is 302 g/mol. The van der Waals surface area contributed by atoms with Crippen LogP contribution in [0.3, 0.4) is 0 Å². The Balaban J connectivity index is 2.31. The first kappa shape index (κ1) is 17.1. The van der Waals surface area contributed by atoms with Crippen LogP contribution in [-0.4, -0.2) is 12.1 Å². The van der Waals surface area contributed by atoms with Gasteiger partial charge in [0.1, 0.15) is 6.10 Å². The summed E-state index contributed by atoms with van der Waals surface area (Å²) in [5, 5.41) is 0.